The van der Waals surface area contributed by atoms with Crippen molar-refractivity contribution in [2.75, 3.05) is 5.75 Å². The van der Waals surface area contributed by atoms with Gasteiger partial charge in [0.1, 0.15) is 0 Å². The molecule has 0 aliphatic rings. The minimum absolute atomic E-state index is 0.0914. The molecule has 0 amide bonds. The van der Waals surface area contributed by atoms with E-state index in [0.29, 0.717) is 34.1 Å². The lowest BCUT2D eigenvalue weighted by Crippen LogP contribution is -2.03. The van der Waals surface area contributed by atoms with Crippen LogP contribution in [-0.4, -0.2) is 15.7 Å². The SMILES string of the molecule is O=C(CCCS(=O)c1cccc(Cl)c1)c1ccccc1. The zero-order valence-electron chi connectivity index (χ0n) is 10.9. The molecule has 0 N–H and O–H groups in total. The van der Waals surface area contributed by atoms with E-state index < -0.39 is 10.8 Å². The van der Waals surface area contributed by atoms with Crippen LogP contribution in [0.15, 0.2) is 59.5 Å². The Balaban J connectivity index is 1.84. The van der Waals surface area contributed by atoms with E-state index >= 15 is 0 Å². The Labute approximate surface area is 126 Å². The summed E-state index contributed by atoms with van der Waals surface area (Å²) < 4.78 is 12.1. The molecular weight excluding hydrogens is 292 g/mol. The maximum Gasteiger partial charge on any atom is 0.162 e. The van der Waals surface area contributed by atoms with Crippen LogP contribution in [0, 0.1) is 0 Å². The summed E-state index contributed by atoms with van der Waals surface area (Å²) in [6.45, 7) is 0. The number of carbonyl (C=O) groups is 1. The summed E-state index contributed by atoms with van der Waals surface area (Å²) >= 11 is 5.86. The number of hydrogen-bond donors (Lipinski definition) is 0. The van der Waals surface area contributed by atoms with Crippen molar-refractivity contribution in [2.24, 2.45) is 0 Å². The maximum atomic E-state index is 12.1. The van der Waals surface area contributed by atoms with Crippen molar-refractivity contribution in [1.82, 2.24) is 0 Å². The Kier molecular flexibility index (Phi) is 5.50. The molecule has 0 aliphatic heterocycles. The molecule has 0 heterocycles. The van der Waals surface area contributed by atoms with E-state index in [9.17, 15) is 9.00 Å². The van der Waals surface area contributed by atoms with Gasteiger partial charge >= 0.3 is 0 Å². The van der Waals surface area contributed by atoms with Gasteiger partial charge in [0.05, 0.1) is 10.8 Å². The largest absolute Gasteiger partial charge is 0.294 e. The Morgan fingerprint density at radius 1 is 1.05 bits per heavy atom. The predicted octanol–water partition coefficient (Wildman–Crippen LogP) is 4.11. The molecule has 0 saturated carbocycles. The molecule has 2 rings (SSSR count). The fourth-order valence-corrected chi connectivity index (χ4v) is 3.24. The summed E-state index contributed by atoms with van der Waals surface area (Å²) in [5, 5.41) is 0.580. The topological polar surface area (TPSA) is 34.1 Å². The highest BCUT2D eigenvalue weighted by molar-refractivity contribution is 7.85. The Bertz CT molecular complexity index is 611. The molecular formula is C16H15ClO2S. The zero-order valence-corrected chi connectivity index (χ0v) is 12.5. The minimum atomic E-state index is -1.10. The van der Waals surface area contributed by atoms with Crippen LogP contribution in [0.3, 0.4) is 0 Å². The van der Waals surface area contributed by atoms with Crippen LogP contribution in [-0.2, 0) is 10.8 Å². The first-order valence-corrected chi connectivity index (χ1v) is 8.09. The summed E-state index contributed by atoms with van der Waals surface area (Å²) in [4.78, 5) is 12.6. The summed E-state index contributed by atoms with van der Waals surface area (Å²) in [6.07, 6.45) is 1.02. The average molecular weight is 307 g/mol. The van der Waals surface area contributed by atoms with Gasteiger partial charge < -0.3 is 0 Å². The molecule has 0 aliphatic carbocycles. The quantitative estimate of drug-likeness (QED) is 0.753. The van der Waals surface area contributed by atoms with Crippen LogP contribution >= 0.6 is 11.6 Å². The average Bonchev–Trinajstić information content (AvgIpc) is 2.48. The molecule has 2 nitrogen and oxygen atoms in total. The zero-order chi connectivity index (χ0) is 14.4. The number of ketones is 1. The van der Waals surface area contributed by atoms with Gasteiger partial charge in [-0.3, -0.25) is 9.00 Å². The normalized spacial score (nSPS) is 12.1. The van der Waals surface area contributed by atoms with Gasteiger partial charge in [-0.25, -0.2) is 0 Å². The van der Waals surface area contributed by atoms with Crippen LogP contribution in [0.4, 0.5) is 0 Å². The number of benzene rings is 2. The second-order valence-corrected chi connectivity index (χ2v) is 6.41. The van der Waals surface area contributed by atoms with Crippen LogP contribution in [0.25, 0.3) is 0 Å². The van der Waals surface area contributed by atoms with Gasteiger partial charge in [-0.05, 0) is 24.6 Å². The molecule has 0 radical (unpaired) electrons. The molecule has 1 atom stereocenters. The Hall–Kier alpha value is -1.45. The van der Waals surface area contributed by atoms with E-state index in [1.54, 1.807) is 36.4 Å². The van der Waals surface area contributed by atoms with Crippen LogP contribution in [0.2, 0.25) is 5.02 Å². The van der Waals surface area contributed by atoms with E-state index in [4.69, 9.17) is 11.6 Å². The third-order valence-corrected chi connectivity index (χ3v) is 4.56. The summed E-state index contributed by atoms with van der Waals surface area (Å²) in [7, 11) is -1.10. The fraction of sp³-hybridized carbons (Fsp3) is 0.188. The molecule has 0 spiro atoms. The standard InChI is InChI=1S/C16H15ClO2S/c17-14-8-4-9-15(12-14)20(19)11-5-10-16(18)13-6-2-1-3-7-13/h1-4,6-9,12H,5,10-11H2. The minimum Gasteiger partial charge on any atom is -0.294 e. The Morgan fingerprint density at radius 2 is 1.80 bits per heavy atom. The van der Waals surface area contributed by atoms with Crippen molar-refractivity contribution >= 4 is 28.2 Å². The lowest BCUT2D eigenvalue weighted by atomic mass is 10.1. The van der Waals surface area contributed by atoms with Gasteiger partial charge in [0, 0.05) is 27.7 Å². The first-order chi connectivity index (χ1) is 9.66. The smallest absolute Gasteiger partial charge is 0.162 e. The second-order valence-electron chi connectivity index (χ2n) is 4.40. The van der Waals surface area contributed by atoms with E-state index in [0.717, 1.165) is 0 Å². The van der Waals surface area contributed by atoms with Crippen molar-refractivity contribution < 1.29 is 9.00 Å². The van der Waals surface area contributed by atoms with Gasteiger partial charge in [-0.15, -0.1) is 0 Å². The highest BCUT2D eigenvalue weighted by atomic mass is 35.5. The van der Waals surface area contributed by atoms with Crippen LogP contribution < -0.4 is 0 Å². The van der Waals surface area contributed by atoms with Gasteiger partial charge in [0.2, 0.25) is 0 Å². The maximum absolute atomic E-state index is 12.1. The first-order valence-electron chi connectivity index (χ1n) is 6.39. The first kappa shape index (κ1) is 14.9. The molecule has 0 fully saturated rings. The molecule has 2 aromatic rings. The molecule has 104 valence electrons. The summed E-state index contributed by atoms with van der Waals surface area (Å²) in [6, 6.07) is 16.2. The molecule has 1 unspecified atom stereocenters. The molecule has 20 heavy (non-hydrogen) atoms. The number of hydrogen-bond acceptors (Lipinski definition) is 2. The van der Waals surface area contributed by atoms with Crippen LogP contribution in [0.5, 0.6) is 0 Å². The second kappa shape index (κ2) is 7.36. The fourth-order valence-electron chi connectivity index (χ4n) is 1.86. The number of rotatable bonds is 6. The van der Waals surface area contributed by atoms with Gasteiger partial charge in [-0.1, -0.05) is 48.0 Å². The number of Topliss-reactive ketones (excluding diaryl/α,β-unsaturated/α-hetero) is 1. The van der Waals surface area contributed by atoms with E-state index in [2.05, 4.69) is 0 Å². The van der Waals surface area contributed by atoms with Crippen molar-refractivity contribution in [1.29, 1.82) is 0 Å². The van der Waals surface area contributed by atoms with Gasteiger partial charge in [0.25, 0.3) is 0 Å². The summed E-state index contributed by atoms with van der Waals surface area (Å²) in [5.74, 6) is 0.563. The van der Waals surface area contributed by atoms with Gasteiger partial charge in [0.15, 0.2) is 5.78 Å². The number of carbonyl (C=O) groups excluding carboxylic acids is 1. The van der Waals surface area contributed by atoms with E-state index in [1.807, 2.05) is 18.2 Å². The van der Waals surface area contributed by atoms with Crippen molar-refractivity contribution in [3.63, 3.8) is 0 Å². The van der Waals surface area contributed by atoms with E-state index in [1.165, 1.54) is 0 Å². The van der Waals surface area contributed by atoms with Crippen LogP contribution in [0.1, 0.15) is 23.2 Å². The Morgan fingerprint density at radius 3 is 2.50 bits per heavy atom. The molecule has 0 bridgehead atoms. The molecule has 4 heteroatoms. The molecule has 0 saturated heterocycles. The summed E-state index contributed by atoms with van der Waals surface area (Å²) in [5.41, 5.74) is 0.709. The lowest BCUT2D eigenvalue weighted by molar-refractivity contribution is 0.0982. The predicted molar refractivity (Wildman–Crippen MR) is 82.7 cm³/mol. The van der Waals surface area contributed by atoms with Crippen molar-refractivity contribution in [3.8, 4) is 0 Å². The van der Waals surface area contributed by atoms with Crippen molar-refractivity contribution in [2.45, 2.75) is 17.7 Å². The number of halogens is 1. The third-order valence-electron chi connectivity index (χ3n) is 2.89. The van der Waals surface area contributed by atoms with Crippen molar-refractivity contribution in [3.05, 3.63) is 65.2 Å². The van der Waals surface area contributed by atoms with Gasteiger partial charge in [-0.2, -0.15) is 0 Å². The van der Waals surface area contributed by atoms with E-state index in [-0.39, 0.29) is 5.78 Å². The highest BCUT2D eigenvalue weighted by Crippen LogP contribution is 2.15. The highest BCUT2D eigenvalue weighted by Gasteiger charge is 2.08. The molecule has 2 aromatic carbocycles. The lowest BCUT2D eigenvalue weighted by Gasteiger charge is -2.03. The molecule has 0 aromatic heterocycles. The third kappa shape index (κ3) is 4.29. The monoisotopic (exact) mass is 306 g/mol.